The number of carbonyl (C=O) groups excluding carboxylic acids is 2. The van der Waals surface area contributed by atoms with Gasteiger partial charge in [-0.1, -0.05) is 6.08 Å². The quantitative estimate of drug-likeness (QED) is 0.627. The molecule has 5 nitrogen and oxygen atoms in total. The molecule has 1 atom stereocenters. The zero-order valence-corrected chi connectivity index (χ0v) is 9.45. The highest BCUT2D eigenvalue weighted by Gasteiger charge is 2.19. The highest BCUT2D eigenvalue weighted by Crippen LogP contribution is 2.06. The number of nitrogens with one attached hydrogen (secondary N) is 1. The Morgan fingerprint density at radius 1 is 1.44 bits per heavy atom. The van der Waals surface area contributed by atoms with E-state index >= 15 is 0 Å². The van der Waals surface area contributed by atoms with Crippen molar-refractivity contribution < 1.29 is 9.59 Å². The van der Waals surface area contributed by atoms with Crippen molar-refractivity contribution in [2.24, 2.45) is 5.73 Å². The molecular weight excluding hydrogens is 206 g/mol. The maximum atomic E-state index is 11.6. The van der Waals surface area contributed by atoms with Crippen LogP contribution >= 0.6 is 0 Å². The van der Waals surface area contributed by atoms with Gasteiger partial charge in [0.15, 0.2) is 0 Å². The number of nitrogens with two attached hydrogens (primary N) is 1. The normalized spacial score (nSPS) is 16.9. The molecular formula is C11H19N3O2. The van der Waals surface area contributed by atoms with Crippen LogP contribution < -0.4 is 11.1 Å². The van der Waals surface area contributed by atoms with Gasteiger partial charge < -0.3 is 16.0 Å². The lowest BCUT2D eigenvalue weighted by Crippen LogP contribution is -2.45. The predicted octanol–water partition coefficient (Wildman–Crippen LogP) is -0.372. The molecule has 1 aliphatic rings. The Balaban J connectivity index is 2.25. The van der Waals surface area contributed by atoms with Crippen LogP contribution in [0.2, 0.25) is 0 Å². The van der Waals surface area contributed by atoms with Crippen LogP contribution in [0, 0.1) is 0 Å². The van der Waals surface area contributed by atoms with Crippen LogP contribution in [0.3, 0.4) is 0 Å². The van der Waals surface area contributed by atoms with Gasteiger partial charge in [0.25, 0.3) is 0 Å². The number of rotatable bonds is 5. The molecule has 1 fully saturated rings. The SMILES string of the molecule is C=CCC(N)C(=O)NCC(=O)N1CCCC1. The molecule has 1 unspecified atom stereocenters. The summed E-state index contributed by atoms with van der Waals surface area (Å²) >= 11 is 0. The lowest BCUT2D eigenvalue weighted by Gasteiger charge is -2.16. The molecule has 2 amide bonds. The molecule has 0 spiro atoms. The lowest BCUT2D eigenvalue weighted by atomic mass is 10.2. The third-order valence-corrected chi connectivity index (χ3v) is 2.63. The summed E-state index contributed by atoms with van der Waals surface area (Å²) in [7, 11) is 0. The third kappa shape index (κ3) is 3.66. The summed E-state index contributed by atoms with van der Waals surface area (Å²) in [5.74, 6) is -0.330. The molecule has 1 heterocycles. The molecule has 0 bridgehead atoms. The molecule has 0 aliphatic carbocycles. The van der Waals surface area contributed by atoms with Gasteiger partial charge in [-0.3, -0.25) is 9.59 Å². The van der Waals surface area contributed by atoms with Crippen molar-refractivity contribution in [2.75, 3.05) is 19.6 Å². The van der Waals surface area contributed by atoms with Gasteiger partial charge in [0, 0.05) is 13.1 Å². The Morgan fingerprint density at radius 3 is 2.62 bits per heavy atom. The molecule has 1 aliphatic heterocycles. The van der Waals surface area contributed by atoms with Crippen LogP contribution in [0.25, 0.3) is 0 Å². The summed E-state index contributed by atoms with van der Waals surface area (Å²) in [5.41, 5.74) is 5.56. The number of carbonyl (C=O) groups is 2. The van der Waals surface area contributed by atoms with Gasteiger partial charge in [-0.2, -0.15) is 0 Å². The monoisotopic (exact) mass is 225 g/mol. The second-order valence-electron chi connectivity index (χ2n) is 3.94. The third-order valence-electron chi connectivity index (χ3n) is 2.63. The van der Waals surface area contributed by atoms with E-state index in [1.54, 1.807) is 11.0 Å². The van der Waals surface area contributed by atoms with Gasteiger partial charge in [0.1, 0.15) is 0 Å². The van der Waals surface area contributed by atoms with E-state index in [1.807, 2.05) is 0 Å². The van der Waals surface area contributed by atoms with E-state index in [0.717, 1.165) is 25.9 Å². The van der Waals surface area contributed by atoms with E-state index in [9.17, 15) is 9.59 Å². The van der Waals surface area contributed by atoms with Crippen molar-refractivity contribution in [3.8, 4) is 0 Å². The molecule has 0 aromatic carbocycles. The second-order valence-corrected chi connectivity index (χ2v) is 3.94. The number of likely N-dealkylation sites (tertiary alicyclic amines) is 1. The number of nitrogens with zero attached hydrogens (tertiary/aromatic N) is 1. The molecule has 1 saturated heterocycles. The molecule has 90 valence electrons. The summed E-state index contributed by atoms with van der Waals surface area (Å²) in [4.78, 5) is 24.7. The van der Waals surface area contributed by atoms with Gasteiger partial charge in [-0.15, -0.1) is 6.58 Å². The Kier molecular flexibility index (Phi) is 4.98. The van der Waals surface area contributed by atoms with Gasteiger partial charge in [-0.05, 0) is 19.3 Å². The van der Waals surface area contributed by atoms with Crippen LogP contribution in [0.4, 0.5) is 0 Å². The van der Waals surface area contributed by atoms with Crippen LogP contribution in [0.5, 0.6) is 0 Å². The standard InChI is InChI=1S/C11H19N3O2/c1-2-5-9(12)11(16)13-8-10(15)14-6-3-4-7-14/h2,9H,1,3-8,12H2,(H,13,16). The van der Waals surface area contributed by atoms with Crippen molar-refractivity contribution >= 4 is 11.8 Å². The lowest BCUT2D eigenvalue weighted by molar-refractivity contribution is -0.132. The Morgan fingerprint density at radius 2 is 2.06 bits per heavy atom. The van der Waals surface area contributed by atoms with Crippen LogP contribution in [-0.4, -0.2) is 42.4 Å². The van der Waals surface area contributed by atoms with Gasteiger partial charge in [0.2, 0.25) is 11.8 Å². The van der Waals surface area contributed by atoms with Crippen molar-refractivity contribution in [3.05, 3.63) is 12.7 Å². The van der Waals surface area contributed by atoms with Crippen molar-refractivity contribution in [2.45, 2.75) is 25.3 Å². The largest absolute Gasteiger partial charge is 0.346 e. The van der Waals surface area contributed by atoms with Crippen molar-refractivity contribution in [3.63, 3.8) is 0 Å². The van der Waals surface area contributed by atoms with Crippen LogP contribution in [0.15, 0.2) is 12.7 Å². The predicted molar refractivity (Wildman–Crippen MR) is 61.6 cm³/mol. The Labute approximate surface area is 95.7 Å². The highest BCUT2D eigenvalue weighted by atomic mass is 16.2. The van der Waals surface area contributed by atoms with E-state index in [0.29, 0.717) is 6.42 Å². The minimum Gasteiger partial charge on any atom is -0.346 e. The summed E-state index contributed by atoms with van der Waals surface area (Å²) in [6.45, 7) is 5.15. The van der Waals surface area contributed by atoms with E-state index < -0.39 is 6.04 Å². The number of hydrogen-bond acceptors (Lipinski definition) is 3. The first kappa shape index (κ1) is 12.7. The first-order chi connectivity index (χ1) is 7.65. The van der Waals surface area contributed by atoms with E-state index in [-0.39, 0.29) is 18.4 Å². The maximum Gasteiger partial charge on any atom is 0.241 e. The zero-order valence-electron chi connectivity index (χ0n) is 9.45. The average Bonchev–Trinajstić information content (AvgIpc) is 2.79. The molecule has 5 heteroatoms. The van der Waals surface area contributed by atoms with E-state index in [2.05, 4.69) is 11.9 Å². The Bertz CT molecular complexity index is 272. The molecule has 3 N–H and O–H groups in total. The fourth-order valence-electron chi connectivity index (χ4n) is 1.66. The molecule has 16 heavy (non-hydrogen) atoms. The van der Waals surface area contributed by atoms with E-state index in [1.165, 1.54) is 0 Å². The minimum atomic E-state index is -0.608. The minimum absolute atomic E-state index is 0.0309. The summed E-state index contributed by atoms with van der Waals surface area (Å²) in [6, 6.07) is -0.608. The Hall–Kier alpha value is -1.36. The maximum absolute atomic E-state index is 11.6. The fourth-order valence-corrected chi connectivity index (χ4v) is 1.66. The molecule has 0 aromatic heterocycles. The van der Waals surface area contributed by atoms with Crippen LogP contribution in [0.1, 0.15) is 19.3 Å². The van der Waals surface area contributed by atoms with Crippen LogP contribution in [-0.2, 0) is 9.59 Å². The second kappa shape index (κ2) is 6.27. The van der Waals surface area contributed by atoms with Crippen molar-refractivity contribution in [1.82, 2.24) is 10.2 Å². The average molecular weight is 225 g/mol. The van der Waals surface area contributed by atoms with Gasteiger partial charge in [0.05, 0.1) is 12.6 Å². The summed E-state index contributed by atoms with van der Waals surface area (Å²) < 4.78 is 0. The molecule has 0 saturated carbocycles. The van der Waals surface area contributed by atoms with E-state index in [4.69, 9.17) is 5.73 Å². The molecule has 0 radical (unpaired) electrons. The summed E-state index contributed by atoms with van der Waals surface area (Å²) in [6.07, 6.45) is 4.11. The summed E-state index contributed by atoms with van der Waals surface area (Å²) in [5, 5.41) is 2.54. The molecule has 0 aromatic rings. The number of hydrogen-bond donors (Lipinski definition) is 2. The van der Waals surface area contributed by atoms with Gasteiger partial charge >= 0.3 is 0 Å². The first-order valence-corrected chi connectivity index (χ1v) is 5.57. The first-order valence-electron chi connectivity index (χ1n) is 5.57. The zero-order chi connectivity index (χ0) is 12.0. The van der Waals surface area contributed by atoms with Crippen molar-refractivity contribution in [1.29, 1.82) is 0 Å². The molecule has 1 rings (SSSR count). The number of amides is 2. The van der Waals surface area contributed by atoms with Gasteiger partial charge in [-0.25, -0.2) is 0 Å². The smallest absolute Gasteiger partial charge is 0.241 e. The highest BCUT2D eigenvalue weighted by molar-refractivity contribution is 5.87. The topological polar surface area (TPSA) is 75.4 Å². The fraction of sp³-hybridized carbons (Fsp3) is 0.636.